The molecule has 28 heavy (non-hydrogen) atoms. The number of benzene rings is 1. The average Bonchev–Trinajstić information content (AvgIpc) is 3.25. The van der Waals surface area contributed by atoms with Gasteiger partial charge in [0.05, 0.1) is 11.7 Å². The molecule has 0 bridgehead atoms. The Morgan fingerprint density at radius 1 is 1.18 bits per heavy atom. The Kier molecular flexibility index (Phi) is 4.98. The molecule has 3 heterocycles. The van der Waals surface area contributed by atoms with Crippen molar-refractivity contribution in [2.75, 3.05) is 25.5 Å². The van der Waals surface area contributed by atoms with Gasteiger partial charge >= 0.3 is 0 Å². The van der Waals surface area contributed by atoms with E-state index in [1.54, 1.807) is 0 Å². The molecular formula is C22H29N5O. The Balaban J connectivity index is 1.56. The van der Waals surface area contributed by atoms with E-state index < -0.39 is 0 Å². The van der Waals surface area contributed by atoms with Crippen LogP contribution in [0.3, 0.4) is 0 Å². The van der Waals surface area contributed by atoms with Crippen molar-refractivity contribution < 1.29 is 4.79 Å². The molecule has 3 aromatic rings. The summed E-state index contributed by atoms with van der Waals surface area (Å²) in [5, 5.41) is 8.83. The van der Waals surface area contributed by atoms with Crippen molar-refractivity contribution in [1.29, 1.82) is 0 Å². The lowest BCUT2D eigenvalue weighted by molar-refractivity contribution is 0.102. The number of nitrogens with zero attached hydrogens (tertiary/aromatic N) is 4. The predicted molar refractivity (Wildman–Crippen MR) is 113 cm³/mol. The highest BCUT2D eigenvalue weighted by atomic mass is 16.1. The predicted octanol–water partition coefficient (Wildman–Crippen LogP) is 4.25. The summed E-state index contributed by atoms with van der Waals surface area (Å²) in [5.41, 5.74) is 2.75. The van der Waals surface area contributed by atoms with Gasteiger partial charge in [-0.2, -0.15) is 5.10 Å². The molecule has 1 amide bonds. The lowest BCUT2D eigenvalue weighted by Gasteiger charge is -2.30. The highest BCUT2D eigenvalue weighted by Crippen LogP contribution is 2.27. The van der Waals surface area contributed by atoms with Crippen molar-refractivity contribution in [1.82, 2.24) is 19.2 Å². The van der Waals surface area contributed by atoms with Crippen LogP contribution in [0.2, 0.25) is 0 Å². The number of amides is 1. The smallest absolute Gasteiger partial charge is 0.256 e. The third-order valence-corrected chi connectivity index (χ3v) is 5.67. The summed E-state index contributed by atoms with van der Waals surface area (Å²) in [4.78, 5) is 15.3. The Morgan fingerprint density at radius 2 is 1.93 bits per heavy atom. The van der Waals surface area contributed by atoms with Crippen LogP contribution >= 0.6 is 0 Å². The number of aryl methyl sites for hydroxylation is 1. The van der Waals surface area contributed by atoms with E-state index in [0.29, 0.717) is 17.6 Å². The van der Waals surface area contributed by atoms with Crippen LogP contribution in [0.15, 0.2) is 36.5 Å². The van der Waals surface area contributed by atoms with Gasteiger partial charge in [-0.3, -0.25) is 4.79 Å². The molecule has 0 spiro atoms. The molecule has 0 atom stereocenters. The van der Waals surface area contributed by atoms with Gasteiger partial charge < -0.3 is 14.8 Å². The first-order valence-electron chi connectivity index (χ1n) is 10.1. The van der Waals surface area contributed by atoms with Crippen LogP contribution in [0.4, 0.5) is 5.82 Å². The van der Waals surface area contributed by atoms with Crippen molar-refractivity contribution in [2.45, 2.75) is 45.7 Å². The molecule has 0 saturated carbocycles. The molecule has 2 aromatic heterocycles. The van der Waals surface area contributed by atoms with Crippen molar-refractivity contribution in [2.24, 2.45) is 0 Å². The van der Waals surface area contributed by atoms with E-state index in [2.05, 4.69) is 53.0 Å². The number of nitrogens with one attached hydrogen (secondary N) is 1. The van der Waals surface area contributed by atoms with Gasteiger partial charge in [-0.15, -0.1) is 0 Å². The van der Waals surface area contributed by atoms with Gasteiger partial charge in [-0.05, 0) is 78.0 Å². The monoisotopic (exact) mass is 379 g/mol. The molecule has 6 heteroatoms. The number of carbonyl (C=O) groups is 1. The molecule has 6 nitrogen and oxygen atoms in total. The number of anilines is 1. The Labute approximate surface area is 166 Å². The zero-order valence-corrected chi connectivity index (χ0v) is 17.1. The summed E-state index contributed by atoms with van der Waals surface area (Å²) in [6.07, 6.45) is 4.18. The molecule has 4 rings (SSSR count). The zero-order chi connectivity index (χ0) is 19.8. The van der Waals surface area contributed by atoms with Crippen LogP contribution in [-0.4, -0.2) is 45.3 Å². The minimum atomic E-state index is -0.0896. The molecule has 0 aliphatic carbocycles. The third-order valence-electron chi connectivity index (χ3n) is 5.67. The van der Waals surface area contributed by atoms with Crippen LogP contribution in [0.1, 0.15) is 54.8 Å². The van der Waals surface area contributed by atoms with Crippen LogP contribution in [0.25, 0.3) is 10.9 Å². The number of aromatic nitrogens is 3. The summed E-state index contributed by atoms with van der Waals surface area (Å²) in [7, 11) is 2.15. The first-order valence-corrected chi connectivity index (χ1v) is 10.1. The van der Waals surface area contributed by atoms with Gasteiger partial charge in [0, 0.05) is 34.8 Å². The van der Waals surface area contributed by atoms with E-state index in [4.69, 9.17) is 0 Å². The van der Waals surface area contributed by atoms with Crippen LogP contribution < -0.4 is 5.32 Å². The molecule has 1 saturated heterocycles. The molecule has 1 fully saturated rings. The first-order chi connectivity index (χ1) is 13.4. The van der Waals surface area contributed by atoms with E-state index in [1.807, 2.05) is 35.9 Å². The second-order valence-electron chi connectivity index (χ2n) is 8.19. The third kappa shape index (κ3) is 3.56. The SMILES string of the molecule is Cc1cc(NC(=O)c2ccc3c(ccn3C(C)C)c2)n(C2CCN(C)CC2)n1. The number of rotatable bonds is 4. The maximum Gasteiger partial charge on any atom is 0.256 e. The normalized spacial score (nSPS) is 16.2. The maximum atomic E-state index is 12.9. The molecule has 1 aliphatic heterocycles. The van der Waals surface area contributed by atoms with Crippen LogP contribution in [0, 0.1) is 6.92 Å². The minimum absolute atomic E-state index is 0.0896. The number of fused-ring (bicyclic) bond motifs is 1. The fourth-order valence-electron chi connectivity index (χ4n) is 4.07. The van der Waals surface area contributed by atoms with Gasteiger partial charge in [0.2, 0.25) is 0 Å². The number of piperidine rings is 1. The highest BCUT2D eigenvalue weighted by Gasteiger charge is 2.22. The molecule has 0 unspecified atom stereocenters. The molecule has 1 aliphatic rings. The number of hydrogen-bond donors (Lipinski definition) is 1. The van der Waals surface area contributed by atoms with Gasteiger partial charge in [0.25, 0.3) is 5.91 Å². The van der Waals surface area contributed by atoms with E-state index in [9.17, 15) is 4.79 Å². The highest BCUT2D eigenvalue weighted by molar-refractivity contribution is 6.06. The molecule has 0 radical (unpaired) electrons. The summed E-state index contributed by atoms with van der Waals surface area (Å²) in [6.45, 7) is 8.40. The summed E-state index contributed by atoms with van der Waals surface area (Å²) >= 11 is 0. The Bertz CT molecular complexity index is 992. The van der Waals surface area contributed by atoms with E-state index in [0.717, 1.165) is 48.3 Å². The van der Waals surface area contributed by atoms with Crippen molar-refractivity contribution in [3.05, 3.63) is 47.8 Å². The largest absolute Gasteiger partial charge is 0.345 e. The van der Waals surface area contributed by atoms with Crippen molar-refractivity contribution in [3.8, 4) is 0 Å². The quantitative estimate of drug-likeness (QED) is 0.737. The van der Waals surface area contributed by atoms with Crippen LogP contribution in [-0.2, 0) is 0 Å². The molecule has 148 valence electrons. The Hall–Kier alpha value is -2.60. The second-order valence-corrected chi connectivity index (χ2v) is 8.19. The lowest BCUT2D eigenvalue weighted by atomic mass is 10.1. The van der Waals surface area contributed by atoms with Crippen molar-refractivity contribution >= 4 is 22.6 Å². The molecule has 1 aromatic carbocycles. The first kappa shape index (κ1) is 18.7. The number of carbonyl (C=O) groups excluding carboxylic acids is 1. The van der Waals surface area contributed by atoms with Gasteiger partial charge in [0.1, 0.15) is 5.82 Å². The van der Waals surface area contributed by atoms with Crippen LogP contribution in [0.5, 0.6) is 0 Å². The molecular weight excluding hydrogens is 350 g/mol. The van der Waals surface area contributed by atoms with Gasteiger partial charge in [-0.1, -0.05) is 0 Å². The average molecular weight is 380 g/mol. The van der Waals surface area contributed by atoms with E-state index in [-0.39, 0.29) is 5.91 Å². The fraction of sp³-hybridized carbons (Fsp3) is 0.455. The summed E-state index contributed by atoms with van der Waals surface area (Å²) < 4.78 is 4.23. The van der Waals surface area contributed by atoms with E-state index in [1.165, 1.54) is 0 Å². The topological polar surface area (TPSA) is 55.1 Å². The summed E-state index contributed by atoms with van der Waals surface area (Å²) in [5.74, 6) is 0.699. The minimum Gasteiger partial charge on any atom is -0.345 e. The second kappa shape index (κ2) is 7.43. The van der Waals surface area contributed by atoms with Gasteiger partial charge in [0.15, 0.2) is 0 Å². The lowest BCUT2D eigenvalue weighted by Crippen LogP contribution is -2.32. The fourth-order valence-corrected chi connectivity index (χ4v) is 4.07. The standard InChI is InChI=1S/C22H29N5O/c1-15(2)26-12-7-17-14-18(5-6-20(17)26)22(28)23-21-13-16(3)24-27(21)19-8-10-25(4)11-9-19/h5-7,12-15,19H,8-11H2,1-4H3,(H,23,28). The van der Waals surface area contributed by atoms with Crippen molar-refractivity contribution in [3.63, 3.8) is 0 Å². The van der Waals surface area contributed by atoms with E-state index >= 15 is 0 Å². The summed E-state index contributed by atoms with van der Waals surface area (Å²) in [6, 6.07) is 10.7. The molecule has 1 N–H and O–H groups in total. The zero-order valence-electron chi connectivity index (χ0n) is 17.1. The van der Waals surface area contributed by atoms with Gasteiger partial charge in [-0.25, -0.2) is 4.68 Å². The Morgan fingerprint density at radius 3 is 2.64 bits per heavy atom. The maximum absolute atomic E-state index is 12.9. The number of hydrogen-bond acceptors (Lipinski definition) is 3. The number of likely N-dealkylation sites (tertiary alicyclic amines) is 1.